The number of nitrogens with one attached hydrogen (secondary N) is 1. The molecule has 0 fully saturated rings. The van der Waals surface area contributed by atoms with Crippen molar-refractivity contribution in [1.82, 2.24) is 5.32 Å². The zero-order valence-corrected chi connectivity index (χ0v) is 13.0. The Morgan fingerprint density at radius 3 is 2.48 bits per heavy atom. The smallest absolute Gasteiger partial charge is 0.254 e. The van der Waals surface area contributed by atoms with Crippen LogP contribution in [-0.2, 0) is 13.0 Å². The minimum absolute atomic E-state index is 0.0316. The maximum Gasteiger partial charge on any atom is 0.254 e. The van der Waals surface area contributed by atoms with Crippen molar-refractivity contribution in [3.05, 3.63) is 69.4 Å². The van der Waals surface area contributed by atoms with Crippen LogP contribution in [0.3, 0.4) is 0 Å². The molecule has 1 amide bonds. The molecule has 2 aromatic rings. The van der Waals surface area contributed by atoms with Crippen molar-refractivity contribution >= 4 is 21.8 Å². The van der Waals surface area contributed by atoms with E-state index >= 15 is 0 Å². The standard InChI is InChI=1S/C16H16BrFN2O/c17-14-3-1-2-13(15(14)18)16(21)20-10-12-6-4-11(5-7-12)8-9-19/h1-7H,8-10,19H2,(H,20,21). The van der Waals surface area contributed by atoms with Gasteiger partial charge in [0.05, 0.1) is 10.0 Å². The van der Waals surface area contributed by atoms with E-state index in [2.05, 4.69) is 21.2 Å². The largest absolute Gasteiger partial charge is 0.348 e. The van der Waals surface area contributed by atoms with E-state index in [4.69, 9.17) is 5.73 Å². The molecule has 3 nitrogen and oxygen atoms in total. The Balaban J connectivity index is 1.99. The Morgan fingerprint density at radius 2 is 1.81 bits per heavy atom. The van der Waals surface area contributed by atoms with Crippen LogP contribution < -0.4 is 11.1 Å². The number of amides is 1. The average molecular weight is 351 g/mol. The van der Waals surface area contributed by atoms with Gasteiger partial charge in [-0.1, -0.05) is 30.3 Å². The van der Waals surface area contributed by atoms with Crippen molar-refractivity contribution in [3.8, 4) is 0 Å². The first-order valence-corrected chi connectivity index (χ1v) is 7.41. The van der Waals surface area contributed by atoms with E-state index in [0.29, 0.717) is 13.1 Å². The van der Waals surface area contributed by atoms with Gasteiger partial charge in [-0.05, 0) is 52.2 Å². The second-order valence-electron chi connectivity index (χ2n) is 4.64. The summed E-state index contributed by atoms with van der Waals surface area (Å²) in [6.07, 6.45) is 0.829. The van der Waals surface area contributed by atoms with Gasteiger partial charge in [-0.25, -0.2) is 4.39 Å². The number of hydrogen-bond donors (Lipinski definition) is 2. The average Bonchev–Trinajstić information content (AvgIpc) is 2.49. The SMILES string of the molecule is NCCc1ccc(CNC(=O)c2cccc(Br)c2F)cc1. The fraction of sp³-hybridized carbons (Fsp3) is 0.188. The number of carbonyl (C=O) groups excluding carboxylic acids is 1. The summed E-state index contributed by atoms with van der Waals surface area (Å²) in [6.45, 7) is 0.964. The first-order chi connectivity index (χ1) is 10.1. The Kier molecular flexibility index (Phi) is 5.47. The first kappa shape index (κ1) is 15.7. The summed E-state index contributed by atoms with van der Waals surface area (Å²) in [5.41, 5.74) is 7.64. The number of rotatable bonds is 5. The molecule has 0 atom stereocenters. The molecule has 0 saturated carbocycles. The summed E-state index contributed by atoms with van der Waals surface area (Å²) < 4.78 is 14.1. The minimum atomic E-state index is -0.548. The van der Waals surface area contributed by atoms with Crippen LogP contribution in [0.15, 0.2) is 46.9 Å². The van der Waals surface area contributed by atoms with Crippen molar-refractivity contribution in [2.75, 3.05) is 6.54 Å². The molecule has 0 bridgehead atoms. The van der Waals surface area contributed by atoms with Gasteiger partial charge >= 0.3 is 0 Å². The molecule has 0 aliphatic carbocycles. The molecule has 2 aromatic carbocycles. The molecule has 0 aliphatic rings. The quantitative estimate of drug-likeness (QED) is 0.870. The molecular weight excluding hydrogens is 335 g/mol. The Hall–Kier alpha value is -1.72. The van der Waals surface area contributed by atoms with Crippen LogP contribution in [0, 0.1) is 5.82 Å². The van der Waals surface area contributed by atoms with Crippen molar-refractivity contribution in [1.29, 1.82) is 0 Å². The fourth-order valence-corrected chi connectivity index (χ4v) is 2.31. The summed E-state index contributed by atoms with van der Waals surface area (Å²) in [5, 5.41) is 2.71. The zero-order valence-electron chi connectivity index (χ0n) is 11.4. The minimum Gasteiger partial charge on any atom is -0.348 e. The second-order valence-corrected chi connectivity index (χ2v) is 5.49. The molecule has 110 valence electrons. The van der Waals surface area contributed by atoms with Crippen LogP contribution in [0.2, 0.25) is 0 Å². The highest BCUT2D eigenvalue weighted by Crippen LogP contribution is 2.18. The van der Waals surface area contributed by atoms with Gasteiger partial charge in [-0.15, -0.1) is 0 Å². The summed E-state index contributed by atoms with van der Waals surface area (Å²) in [5.74, 6) is -0.979. The number of carbonyl (C=O) groups is 1. The number of hydrogen-bond acceptors (Lipinski definition) is 2. The Bertz CT molecular complexity index is 629. The number of halogens is 2. The first-order valence-electron chi connectivity index (χ1n) is 6.62. The normalized spacial score (nSPS) is 10.4. The number of benzene rings is 2. The highest BCUT2D eigenvalue weighted by molar-refractivity contribution is 9.10. The van der Waals surface area contributed by atoms with Crippen LogP contribution in [-0.4, -0.2) is 12.5 Å². The lowest BCUT2D eigenvalue weighted by Gasteiger charge is -2.08. The lowest BCUT2D eigenvalue weighted by atomic mass is 10.1. The van der Waals surface area contributed by atoms with Gasteiger partial charge in [-0.3, -0.25) is 4.79 Å². The van der Waals surface area contributed by atoms with E-state index in [1.54, 1.807) is 12.1 Å². The monoisotopic (exact) mass is 350 g/mol. The zero-order chi connectivity index (χ0) is 15.2. The lowest BCUT2D eigenvalue weighted by molar-refractivity contribution is 0.0946. The second kappa shape index (κ2) is 7.33. The predicted octanol–water partition coefficient (Wildman–Crippen LogP) is 3.02. The highest BCUT2D eigenvalue weighted by Gasteiger charge is 2.13. The molecule has 0 aromatic heterocycles. The Labute approximate surface area is 131 Å². The van der Waals surface area contributed by atoms with Crippen molar-refractivity contribution in [3.63, 3.8) is 0 Å². The van der Waals surface area contributed by atoms with Crippen LogP contribution in [0.1, 0.15) is 21.5 Å². The lowest BCUT2D eigenvalue weighted by Crippen LogP contribution is -2.23. The van der Waals surface area contributed by atoms with Gasteiger partial charge in [0.2, 0.25) is 0 Å². The maximum atomic E-state index is 13.8. The highest BCUT2D eigenvalue weighted by atomic mass is 79.9. The number of nitrogens with two attached hydrogens (primary N) is 1. The van der Waals surface area contributed by atoms with Gasteiger partial charge in [0.15, 0.2) is 0 Å². The van der Waals surface area contributed by atoms with Crippen molar-refractivity contribution in [2.45, 2.75) is 13.0 Å². The molecular formula is C16H16BrFN2O. The fourth-order valence-electron chi connectivity index (χ4n) is 1.95. The van der Waals surface area contributed by atoms with Crippen LogP contribution in [0.5, 0.6) is 0 Å². The third kappa shape index (κ3) is 4.12. The van der Waals surface area contributed by atoms with E-state index < -0.39 is 11.7 Å². The predicted molar refractivity (Wildman–Crippen MR) is 84.5 cm³/mol. The topological polar surface area (TPSA) is 55.1 Å². The molecule has 0 unspecified atom stereocenters. The maximum absolute atomic E-state index is 13.8. The van der Waals surface area contributed by atoms with Gasteiger partial charge in [0.1, 0.15) is 5.82 Å². The van der Waals surface area contributed by atoms with E-state index in [9.17, 15) is 9.18 Å². The van der Waals surface area contributed by atoms with Crippen LogP contribution >= 0.6 is 15.9 Å². The summed E-state index contributed by atoms with van der Waals surface area (Å²) in [4.78, 5) is 12.0. The molecule has 21 heavy (non-hydrogen) atoms. The third-order valence-electron chi connectivity index (χ3n) is 3.11. The summed E-state index contributed by atoms with van der Waals surface area (Å²) in [6, 6.07) is 12.5. The molecule has 0 saturated heterocycles. The van der Waals surface area contributed by atoms with Crippen molar-refractivity contribution in [2.24, 2.45) is 5.73 Å². The van der Waals surface area contributed by atoms with Gasteiger partial charge in [0, 0.05) is 6.54 Å². The molecule has 0 heterocycles. The summed E-state index contributed by atoms with van der Waals surface area (Å²) in [7, 11) is 0. The molecule has 0 spiro atoms. The van der Waals surface area contributed by atoms with Gasteiger partial charge < -0.3 is 11.1 Å². The van der Waals surface area contributed by atoms with E-state index in [1.807, 2.05) is 24.3 Å². The van der Waals surface area contributed by atoms with Gasteiger partial charge in [-0.2, -0.15) is 0 Å². The van der Waals surface area contributed by atoms with Crippen LogP contribution in [0.25, 0.3) is 0 Å². The molecule has 2 rings (SSSR count). The van der Waals surface area contributed by atoms with E-state index in [0.717, 1.165) is 17.5 Å². The van der Waals surface area contributed by atoms with Crippen LogP contribution in [0.4, 0.5) is 4.39 Å². The molecule has 0 aliphatic heterocycles. The third-order valence-corrected chi connectivity index (χ3v) is 3.72. The molecule has 3 N–H and O–H groups in total. The Morgan fingerprint density at radius 1 is 1.14 bits per heavy atom. The molecule has 5 heteroatoms. The molecule has 0 radical (unpaired) electrons. The van der Waals surface area contributed by atoms with E-state index in [1.165, 1.54) is 6.07 Å². The van der Waals surface area contributed by atoms with Gasteiger partial charge in [0.25, 0.3) is 5.91 Å². The summed E-state index contributed by atoms with van der Waals surface area (Å²) >= 11 is 3.07. The van der Waals surface area contributed by atoms with E-state index in [-0.39, 0.29) is 10.0 Å². The van der Waals surface area contributed by atoms with Crippen molar-refractivity contribution < 1.29 is 9.18 Å².